The van der Waals surface area contributed by atoms with Crippen molar-refractivity contribution in [3.8, 4) is 0 Å². The molecule has 0 aliphatic heterocycles. The van der Waals surface area contributed by atoms with Crippen LogP contribution >= 0.6 is 23.2 Å². The lowest BCUT2D eigenvalue weighted by molar-refractivity contribution is -0.147. The Morgan fingerprint density at radius 3 is 2.62 bits per heavy atom. The van der Waals surface area contributed by atoms with Gasteiger partial charge in [0.2, 0.25) is 0 Å². The molecule has 116 valence electrons. The molecule has 0 radical (unpaired) electrons. The molecule has 1 aromatic carbocycles. The summed E-state index contributed by atoms with van der Waals surface area (Å²) in [6.45, 7) is 0.247. The number of ether oxygens (including phenoxy) is 1. The number of carboxylic acid groups (broad SMARTS) is 1. The summed E-state index contributed by atoms with van der Waals surface area (Å²) < 4.78 is 4.69. The minimum atomic E-state index is -1.13. The second kappa shape index (κ2) is 8.71. The Balaban J connectivity index is 2.32. The van der Waals surface area contributed by atoms with Crippen LogP contribution in [0.25, 0.3) is 0 Å². The Morgan fingerprint density at radius 2 is 2.05 bits per heavy atom. The van der Waals surface area contributed by atoms with E-state index in [-0.39, 0.29) is 6.54 Å². The van der Waals surface area contributed by atoms with Crippen LogP contribution in [0.2, 0.25) is 10.0 Å². The highest BCUT2D eigenvalue weighted by Crippen LogP contribution is 2.20. The fraction of sp³-hybridized carbons (Fsp3) is 0.385. The van der Waals surface area contributed by atoms with Crippen LogP contribution in [-0.2, 0) is 16.0 Å². The molecule has 8 heteroatoms. The van der Waals surface area contributed by atoms with Crippen molar-refractivity contribution in [3.05, 3.63) is 33.8 Å². The maximum atomic E-state index is 11.5. The van der Waals surface area contributed by atoms with Gasteiger partial charge in [-0.15, -0.1) is 0 Å². The molecule has 0 saturated carbocycles. The van der Waals surface area contributed by atoms with Gasteiger partial charge in [-0.05, 0) is 24.1 Å². The zero-order valence-corrected chi connectivity index (χ0v) is 12.9. The van der Waals surface area contributed by atoms with Crippen LogP contribution in [0.5, 0.6) is 0 Å². The van der Waals surface area contributed by atoms with Crippen molar-refractivity contribution in [2.24, 2.45) is 0 Å². The molecule has 0 aliphatic rings. The van der Waals surface area contributed by atoms with Crippen LogP contribution in [0.1, 0.15) is 5.56 Å². The van der Waals surface area contributed by atoms with E-state index in [0.717, 1.165) is 5.56 Å². The number of methoxy groups -OCH3 is 1. The van der Waals surface area contributed by atoms with Gasteiger partial charge in [0.25, 0.3) is 0 Å². The number of hydrogen-bond donors (Lipinski definition) is 3. The van der Waals surface area contributed by atoms with Crippen molar-refractivity contribution in [1.82, 2.24) is 10.6 Å². The molecule has 1 atom stereocenters. The summed E-state index contributed by atoms with van der Waals surface area (Å²) in [5.74, 6) is -1.13. The third kappa shape index (κ3) is 6.20. The Kier molecular flexibility index (Phi) is 7.28. The van der Waals surface area contributed by atoms with Gasteiger partial charge in [0.1, 0.15) is 0 Å². The Labute approximate surface area is 132 Å². The first kappa shape index (κ1) is 17.6. The molecule has 21 heavy (non-hydrogen) atoms. The van der Waals surface area contributed by atoms with E-state index in [1.807, 2.05) is 0 Å². The Bertz CT molecular complexity index is 511. The average molecular weight is 335 g/mol. The molecule has 0 fully saturated rings. The van der Waals surface area contributed by atoms with Crippen LogP contribution < -0.4 is 10.6 Å². The first-order chi connectivity index (χ1) is 9.93. The highest BCUT2D eigenvalue weighted by Gasteiger charge is 2.16. The monoisotopic (exact) mass is 334 g/mol. The lowest BCUT2D eigenvalue weighted by Gasteiger charge is -2.12. The van der Waals surface area contributed by atoms with Crippen LogP contribution in [0.4, 0.5) is 4.79 Å². The summed E-state index contributed by atoms with van der Waals surface area (Å²) in [6, 6.07) is 4.67. The van der Waals surface area contributed by atoms with Gasteiger partial charge in [0.05, 0.1) is 6.54 Å². The second-order valence-electron chi connectivity index (χ2n) is 4.19. The van der Waals surface area contributed by atoms with Gasteiger partial charge in [0, 0.05) is 23.7 Å². The minimum absolute atomic E-state index is 0.112. The van der Waals surface area contributed by atoms with Gasteiger partial charge in [0.15, 0.2) is 6.10 Å². The highest BCUT2D eigenvalue weighted by atomic mass is 35.5. The summed E-state index contributed by atoms with van der Waals surface area (Å²) in [4.78, 5) is 22.2. The van der Waals surface area contributed by atoms with Crippen molar-refractivity contribution < 1.29 is 19.4 Å². The third-order valence-electron chi connectivity index (χ3n) is 2.70. The van der Waals surface area contributed by atoms with Crippen molar-refractivity contribution in [2.75, 3.05) is 20.2 Å². The van der Waals surface area contributed by atoms with Gasteiger partial charge in [-0.25, -0.2) is 9.59 Å². The average Bonchev–Trinajstić information content (AvgIpc) is 2.41. The fourth-order valence-electron chi connectivity index (χ4n) is 1.55. The van der Waals surface area contributed by atoms with E-state index in [1.54, 1.807) is 18.2 Å². The van der Waals surface area contributed by atoms with Crippen LogP contribution in [0, 0.1) is 0 Å². The second-order valence-corrected chi connectivity index (χ2v) is 5.03. The van der Waals surface area contributed by atoms with Crippen LogP contribution in [0.3, 0.4) is 0 Å². The smallest absolute Gasteiger partial charge is 0.334 e. The first-order valence-corrected chi connectivity index (χ1v) is 6.91. The van der Waals surface area contributed by atoms with E-state index in [1.165, 1.54) is 7.11 Å². The fourth-order valence-corrected chi connectivity index (χ4v) is 2.06. The van der Waals surface area contributed by atoms with Crippen LogP contribution in [0.15, 0.2) is 18.2 Å². The molecule has 6 nitrogen and oxygen atoms in total. The number of urea groups is 1. The molecule has 0 aromatic heterocycles. The lowest BCUT2D eigenvalue weighted by Crippen LogP contribution is -2.43. The SMILES string of the molecule is COC(CNC(=O)NCCc1ccc(Cl)cc1Cl)C(=O)O. The molecule has 1 unspecified atom stereocenters. The summed E-state index contributed by atoms with van der Waals surface area (Å²) in [5.41, 5.74) is 0.863. The third-order valence-corrected chi connectivity index (χ3v) is 3.29. The molecule has 1 aromatic rings. The van der Waals surface area contributed by atoms with Crippen molar-refractivity contribution in [2.45, 2.75) is 12.5 Å². The summed E-state index contributed by atoms with van der Waals surface area (Å²) in [6.07, 6.45) is -0.530. The molecule has 0 bridgehead atoms. The zero-order valence-electron chi connectivity index (χ0n) is 11.4. The van der Waals surface area contributed by atoms with Gasteiger partial charge >= 0.3 is 12.0 Å². The Hall–Kier alpha value is -1.50. The number of aliphatic carboxylic acids is 1. The number of amides is 2. The molecule has 0 aliphatic carbocycles. The zero-order chi connectivity index (χ0) is 15.8. The van der Waals surface area contributed by atoms with E-state index in [9.17, 15) is 9.59 Å². The largest absolute Gasteiger partial charge is 0.479 e. The molecule has 0 saturated heterocycles. The Morgan fingerprint density at radius 1 is 1.33 bits per heavy atom. The molecule has 0 heterocycles. The number of nitrogens with one attached hydrogen (secondary N) is 2. The van der Waals surface area contributed by atoms with Gasteiger partial charge in [-0.2, -0.15) is 0 Å². The normalized spacial score (nSPS) is 11.8. The molecule has 0 spiro atoms. The quantitative estimate of drug-likeness (QED) is 0.711. The number of carbonyl (C=O) groups is 2. The van der Waals surface area contributed by atoms with Crippen molar-refractivity contribution in [3.63, 3.8) is 0 Å². The topological polar surface area (TPSA) is 87.7 Å². The van der Waals surface area contributed by atoms with Crippen molar-refractivity contribution in [1.29, 1.82) is 0 Å². The van der Waals surface area contributed by atoms with Gasteiger partial charge in [-0.1, -0.05) is 29.3 Å². The number of carboxylic acids is 1. The van der Waals surface area contributed by atoms with E-state index in [4.69, 9.17) is 33.0 Å². The predicted molar refractivity (Wildman–Crippen MR) is 80.0 cm³/mol. The van der Waals surface area contributed by atoms with E-state index in [0.29, 0.717) is 23.0 Å². The summed E-state index contributed by atoms with van der Waals surface area (Å²) in [7, 11) is 1.26. The molecule has 1 rings (SSSR count). The van der Waals surface area contributed by atoms with Gasteiger partial charge in [-0.3, -0.25) is 0 Å². The standard InChI is InChI=1S/C13H16Cl2N2O4/c1-21-11(12(18)19)7-17-13(20)16-5-4-8-2-3-9(14)6-10(8)15/h2-3,6,11H,4-5,7H2,1H3,(H,18,19)(H2,16,17,20). The number of rotatable bonds is 7. The number of halogens is 2. The van der Waals surface area contributed by atoms with E-state index < -0.39 is 18.1 Å². The number of hydrogen-bond acceptors (Lipinski definition) is 3. The minimum Gasteiger partial charge on any atom is -0.479 e. The predicted octanol–water partition coefficient (Wildman–Crippen LogP) is 1.93. The maximum Gasteiger partial charge on any atom is 0.334 e. The molecule has 3 N–H and O–H groups in total. The maximum absolute atomic E-state index is 11.5. The van der Waals surface area contributed by atoms with Crippen LogP contribution in [-0.4, -0.2) is 43.4 Å². The summed E-state index contributed by atoms with van der Waals surface area (Å²) in [5, 5.41) is 14.8. The van der Waals surface area contributed by atoms with E-state index in [2.05, 4.69) is 10.6 Å². The van der Waals surface area contributed by atoms with E-state index >= 15 is 0 Å². The van der Waals surface area contributed by atoms with Gasteiger partial charge < -0.3 is 20.5 Å². The molecular formula is C13H16Cl2N2O4. The first-order valence-electron chi connectivity index (χ1n) is 6.15. The highest BCUT2D eigenvalue weighted by molar-refractivity contribution is 6.35. The van der Waals surface area contributed by atoms with Crippen molar-refractivity contribution >= 4 is 35.2 Å². The molecule has 2 amide bonds. The number of benzene rings is 1. The number of carbonyl (C=O) groups excluding carboxylic acids is 1. The lowest BCUT2D eigenvalue weighted by atomic mass is 10.1. The molecular weight excluding hydrogens is 319 g/mol. The summed E-state index contributed by atoms with van der Waals surface area (Å²) >= 11 is 11.8.